The molecule has 2 aromatic carbocycles. The van der Waals surface area contributed by atoms with Crippen LogP contribution in [0.15, 0.2) is 55.2 Å². The zero-order valence-corrected chi connectivity index (χ0v) is 24.1. The monoisotopic (exact) mass is 602 g/mol. The number of benzene rings is 2. The Morgan fingerprint density at radius 1 is 1.05 bits per heavy atom. The Morgan fingerprint density at radius 3 is 2.75 bits per heavy atom. The van der Waals surface area contributed by atoms with Crippen LogP contribution >= 0.6 is 0 Å². The van der Waals surface area contributed by atoms with Crippen LogP contribution in [0.25, 0.3) is 16.6 Å². The molecule has 0 aliphatic carbocycles. The summed E-state index contributed by atoms with van der Waals surface area (Å²) in [5.74, 6) is -0.764. The molecule has 3 aromatic heterocycles. The van der Waals surface area contributed by atoms with E-state index in [-0.39, 0.29) is 35.1 Å². The average molecular weight is 603 g/mol. The van der Waals surface area contributed by atoms with Crippen molar-refractivity contribution in [1.82, 2.24) is 29.5 Å². The predicted octanol–water partition coefficient (Wildman–Crippen LogP) is 5.30. The molecule has 5 aromatic rings. The van der Waals surface area contributed by atoms with Gasteiger partial charge in [0.05, 0.1) is 28.3 Å². The largest absolute Gasteiger partial charge is 0.488 e. The fraction of sp³-hybridized carbons (Fsp3) is 0.300. The number of halogens is 2. The van der Waals surface area contributed by atoms with Crippen molar-refractivity contribution < 1.29 is 27.8 Å². The van der Waals surface area contributed by atoms with Gasteiger partial charge in [0.1, 0.15) is 36.4 Å². The van der Waals surface area contributed by atoms with Crippen molar-refractivity contribution in [2.24, 2.45) is 0 Å². The lowest BCUT2D eigenvalue weighted by Gasteiger charge is -2.45. The van der Waals surface area contributed by atoms with E-state index < -0.39 is 17.2 Å². The van der Waals surface area contributed by atoms with Crippen molar-refractivity contribution >= 4 is 39.8 Å². The highest BCUT2D eigenvalue weighted by Crippen LogP contribution is 2.43. The minimum absolute atomic E-state index is 0.0909. The number of hydrogen-bond donors (Lipinski definition) is 1. The molecule has 14 heteroatoms. The molecule has 5 heterocycles. The zero-order valence-electron chi connectivity index (χ0n) is 24.1. The van der Waals surface area contributed by atoms with E-state index in [0.29, 0.717) is 48.5 Å². The summed E-state index contributed by atoms with van der Waals surface area (Å²) in [5.41, 5.74) is 1.14. The number of ether oxygens (including phenoxy) is 3. The summed E-state index contributed by atoms with van der Waals surface area (Å²) < 4.78 is 49.4. The normalized spacial score (nSPS) is 16.3. The molecule has 0 unspecified atom stereocenters. The standard InChI is InChI=1S/C30H28F2N8O4/c1-30(2,3)44-29(41)38-8-9-39-17(13-38)14-42-27-23(39)5-4-21-26(27)28(35-15-33-21)37-22-11-20(32)24(12-19(22)31)43-18-6-7-40-25(10-18)34-16-36-40/h4-7,10-12,15-17H,8-9,13-14H2,1-3H3,(H,33,35,37)/t17-/m0/s1. The first-order chi connectivity index (χ1) is 21.1. The van der Waals surface area contributed by atoms with Gasteiger partial charge in [0.25, 0.3) is 0 Å². The van der Waals surface area contributed by atoms with Gasteiger partial charge in [0.2, 0.25) is 0 Å². The lowest BCUT2D eigenvalue weighted by Crippen LogP contribution is -2.59. The Labute approximate surface area is 250 Å². The second kappa shape index (κ2) is 10.5. The number of pyridine rings is 1. The van der Waals surface area contributed by atoms with Gasteiger partial charge in [-0.25, -0.2) is 33.0 Å². The van der Waals surface area contributed by atoms with Crippen molar-refractivity contribution in [1.29, 1.82) is 0 Å². The quantitative estimate of drug-likeness (QED) is 0.290. The number of hydrogen-bond acceptors (Lipinski definition) is 10. The van der Waals surface area contributed by atoms with Crippen LogP contribution in [-0.4, -0.2) is 73.4 Å². The van der Waals surface area contributed by atoms with Gasteiger partial charge in [0, 0.05) is 44.0 Å². The van der Waals surface area contributed by atoms with Gasteiger partial charge in [0.15, 0.2) is 28.8 Å². The molecular weight excluding hydrogens is 574 g/mol. The topological polar surface area (TPSA) is 119 Å². The van der Waals surface area contributed by atoms with E-state index in [9.17, 15) is 4.79 Å². The number of piperazine rings is 1. The number of fused-ring (bicyclic) bond motifs is 6. The molecule has 0 saturated carbocycles. The van der Waals surface area contributed by atoms with E-state index in [1.54, 1.807) is 23.2 Å². The number of nitrogens with one attached hydrogen (secondary N) is 1. The van der Waals surface area contributed by atoms with E-state index >= 15 is 8.78 Å². The number of anilines is 3. The van der Waals surface area contributed by atoms with Gasteiger partial charge in [-0.15, -0.1) is 0 Å². The predicted molar refractivity (Wildman–Crippen MR) is 157 cm³/mol. The van der Waals surface area contributed by atoms with Crippen molar-refractivity contribution in [2.45, 2.75) is 32.4 Å². The van der Waals surface area contributed by atoms with Gasteiger partial charge in [-0.3, -0.25) is 0 Å². The highest BCUT2D eigenvalue weighted by molar-refractivity contribution is 6.00. The number of carbonyl (C=O) groups excluding carboxylic acids is 1. The minimum Gasteiger partial charge on any atom is -0.488 e. The summed E-state index contributed by atoms with van der Waals surface area (Å²) in [4.78, 5) is 29.3. The Hall–Kier alpha value is -5.27. The molecule has 226 valence electrons. The smallest absolute Gasteiger partial charge is 0.410 e. The first kappa shape index (κ1) is 27.6. The Balaban J connectivity index is 1.15. The molecular formula is C30H28F2N8O4. The number of rotatable bonds is 4. The second-order valence-corrected chi connectivity index (χ2v) is 11.5. The van der Waals surface area contributed by atoms with E-state index in [1.165, 1.54) is 17.2 Å². The summed E-state index contributed by atoms with van der Waals surface area (Å²) in [6.45, 7) is 7.29. The summed E-state index contributed by atoms with van der Waals surface area (Å²) in [7, 11) is 0. The summed E-state index contributed by atoms with van der Waals surface area (Å²) >= 11 is 0. The van der Waals surface area contributed by atoms with Gasteiger partial charge in [-0.05, 0) is 39.0 Å². The molecule has 1 saturated heterocycles. The third kappa shape index (κ3) is 5.12. The molecule has 12 nitrogen and oxygen atoms in total. The first-order valence-corrected chi connectivity index (χ1v) is 14.0. The average Bonchev–Trinajstić information content (AvgIpc) is 3.46. The molecule has 2 aliphatic rings. The Kier molecular flexibility index (Phi) is 6.56. The van der Waals surface area contributed by atoms with E-state index in [4.69, 9.17) is 14.2 Å². The molecule has 7 rings (SSSR count). The van der Waals surface area contributed by atoms with Gasteiger partial charge >= 0.3 is 6.09 Å². The summed E-state index contributed by atoms with van der Waals surface area (Å²) in [6.07, 6.45) is 3.97. The van der Waals surface area contributed by atoms with Crippen LogP contribution in [0.4, 0.5) is 30.8 Å². The lowest BCUT2D eigenvalue weighted by molar-refractivity contribution is 0.0195. The number of amides is 1. The van der Waals surface area contributed by atoms with Gasteiger partial charge in [-0.1, -0.05) is 0 Å². The maximum atomic E-state index is 15.3. The number of nitrogens with zero attached hydrogens (tertiary/aromatic N) is 7. The van der Waals surface area contributed by atoms with Crippen LogP contribution in [0.2, 0.25) is 0 Å². The second-order valence-electron chi connectivity index (χ2n) is 11.5. The maximum absolute atomic E-state index is 15.3. The van der Waals surface area contributed by atoms with Crippen molar-refractivity contribution in [3.05, 3.63) is 66.9 Å². The Bertz CT molecular complexity index is 1910. The van der Waals surface area contributed by atoms with Crippen molar-refractivity contribution in [3.63, 3.8) is 0 Å². The van der Waals surface area contributed by atoms with E-state index in [0.717, 1.165) is 17.8 Å². The highest BCUT2D eigenvalue weighted by Gasteiger charge is 2.37. The lowest BCUT2D eigenvalue weighted by atomic mass is 10.1. The molecule has 0 bridgehead atoms. The minimum atomic E-state index is -0.780. The molecule has 0 radical (unpaired) electrons. The van der Waals surface area contributed by atoms with Crippen LogP contribution in [0.3, 0.4) is 0 Å². The fourth-order valence-electron chi connectivity index (χ4n) is 5.38. The third-order valence-electron chi connectivity index (χ3n) is 7.35. The fourth-order valence-corrected chi connectivity index (χ4v) is 5.38. The van der Waals surface area contributed by atoms with Gasteiger partial charge < -0.3 is 29.3 Å². The van der Waals surface area contributed by atoms with Crippen LogP contribution in [-0.2, 0) is 4.74 Å². The van der Waals surface area contributed by atoms with Crippen molar-refractivity contribution in [3.8, 4) is 17.2 Å². The third-order valence-corrected chi connectivity index (χ3v) is 7.35. The molecule has 1 atom stereocenters. The highest BCUT2D eigenvalue weighted by atomic mass is 19.1. The van der Waals surface area contributed by atoms with Crippen LogP contribution in [0.5, 0.6) is 17.2 Å². The summed E-state index contributed by atoms with van der Waals surface area (Å²) in [6, 6.07) is 8.76. The van der Waals surface area contributed by atoms with Crippen LogP contribution < -0.4 is 19.7 Å². The summed E-state index contributed by atoms with van der Waals surface area (Å²) in [5, 5.41) is 7.46. The molecule has 44 heavy (non-hydrogen) atoms. The zero-order chi connectivity index (χ0) is 30.6. The molecule has 2 aliphatic heterocycles. The van der Waals surface area contributed by atoms with Crippen LogP contribution in [0.1, 0.15) is 20.8 Å². The molecule has 0 spiro atoms. The maximum Gasteiger partial charge on any atom is 0.410 e. The van der Waals surface area contributed by atoms with Crippen LogP contribution in [0, 0.1) is 11.6 Å². The Morgan fingerprint density at radius 2 is 1.91 bits per heavy atom. The van der Waals surface area contributed by atoms with E-state index in [2.05, 4.69) is 30.3 Å². The first-order valence-electron chi connectivity index (χ1n) is 14.0. The number of aromatic nitrogens is 5. The molecule has 1 fully saturated rings. The van der Waals surface area contributed by atoms with Crippen molar-refractivity contribution in [2.75, 3.05) is 36.5 Å². The SMILES string of the molecule is CC(C)(C)OC(=O)N1CCN2c3ccc4ncnc(Nc5cc(F)c(Oc6ccn7ncnc7c6)cc5F)c4c3OC[C@@H]2C1. The molecule has 1 amide bonds. The number of carbonyl (C=O) groups is 1. The molecule has 1 N–H and O–H groups in total. The van der Waals surface area contributed by atoms with Gasteiger partial charge in [-0.2, -0.15) is 5.10 Å². The van der Waals surface area contributed by atoms with E-state index in [1.807, 2.05) is 32.9 Å².